The van der Waals surface area contributed by atoms with E-state index in [1.807, 2.05) is 25.7 Å². The third kappa shape index (κ3) is 5.74. The van der Waals surface area contributed by atoms with E-state index in [1.165, 1.54) is 18.4 Å². The fourth-order valence-electron chi connectivity index (χ4n) is 5.40. The van der Waals surface area contributed by atoms with Gasteiger partial charge in [-0.15, -0.1) is 0 Å². The monoisotopic (exact) mass is 470 g/mol. The molecule has 34 heavy (non-hydrogen) atoms. The molecular formula is C27H42N4O3. The number of hydrogen-bond acceptors (Lipinski definition) is 5. The second-order valence-corrected chi connectivity index (χ2v) is 12.1. The third-order valence-electron chi connectivity index (χ3n) is 7.61. The number of benzene rings is 1. The van der Waals surface area contributed by atoms with E-state index in [1.54, 1.807) is 4.90 Å². The van der Waals surface area contributed by atoms with Crippen molar-refractivity contribution in [2.75, 3.05) is 44.2 Å². The summed E-state index contributed by atoms with van der Waals surface area (Å²) in [5.74, 6) is 0.1000. The minimum Gasteiger partial charge on any atom is -0.444 e. The first-order valence-electron chi connectivity index (χ1n) is 12.8. The molecule has 3 saturated heterocycles. The number of likely N-dealkylation sites (tertiary alicyclic amines) is 2. The quantitative estimate of drug-likeness (QED) is 0.723. The largest absolute Gasteiger partial charge is 0.444 e. The lowest BCUT2D eigenvalue weighted by molar-refractivity contribution is -0.120. The molecule has 0 aliphatic carbocycles. The smallest absolute Gasteiger partial charge is 0.410 e. The summed E-state index contributed by atoms with van der Waals surface area (Å²) in [6.45, 7) is 15.9. The molecule has 3 fully saturated rings. The third-order valence-corrected chi connectivity index (χ3v) is 7.61. The van der Waals surface area contributed by atoms with E-state index in [2.05, 4.69) is 48.3 Å². The zero-order chi connectivity index (χ0) is 24.6. The number of amides is 2. The fourth-order valence-corrected chi connectivity index (χ4v) is 5.40. The van der Waals surface area contributed by atoms with Crippen LogP contribution in [0.3, 0.4) is 0 Å². The first-order chi connectivity index (χ1) is 16.0. The summed E-state index contributed by atoms with van der Waals surface area (Å²) in [4.78, 5) is 31.9. The summed E-state index contributed by atoms with van der Waals surface area (Å²) >= 11 is 0. The fraction of sp³-hybridized carbons (Fsp3) is 0.704. The Morgan fingerprint density at radius 3 is 2.21 bits per heavy atom. The molecule has 0 aromatic heterocycles. The second kappa shape index (κ2) is 9.50. The maximum absolute atomic E-state index is 13.1. The number of carbonyl (C=O) groups excluding carboxylic acids is 2. The molecule has 0 radical (unpaired) electrons. The zero-order valence-corrected chi connectivity index (χ0v) is 21.7. The Kier molecular flexibility index (Phi) is 6.98. The van der Waals surface area contributed by atoms with Gasteiger partial charge in [-0.1, -0.05) is 26.0 Å². The molecule has 3 heterocycles. The maximum Gasteiger partial charge on any atom is 0.410 e. The van der Waals surface area contributed by atoms with E-state index in [0.29, 0.717) is 25.0 Å². The molecule has 1 aromatic carbocycles. The second-order valence-electron chi connectivity index (χ2n) is 12.1. The summed E-state index contributed by atoms with van der Waals surface area (Å²) in [5.41, 5.74) is 1.89. The lowest BCUT2D eigenvalue weighted by Gasteiger charge is -2.51. The van der Waals surface area contributed by atoms with Gasteiger partial charge >= 0.3 is 6.09 Å². The van der Waals surface area contributed by atoms with Crippen molar-refractivity contribution in [3.63, 3.8) is 0 Å². The van der Waals surface area contributed by atoms with Crippen molar-refractivity contribution in [1.29, 1.82) is 0 Å². The van der Waals surface area contributed by atoms with Crippen LogP contribution in [0.2, 0.25) is 0 Å². The van der Waals surface area contributed by atoms with Gasteiger partial charge in [0.25, 0.3) is 0 Å². The predicted octanol–water partition coefficient (Wildman–Crippen LogP) is 4.01. The van der Waals surface area contributed by atoms with Crippen molar-refractivity contribution in [2.45, 2.75) is 78.0 Å². The van der Waals surface area contributed by atoms with E-state index in [4.69, 9.17) is 4.74 Å². The summed E-state index contributed by atoms with van der Waals surface area (Å²) in [7, 11) is 0. The molecule has 7 nitrogen and oxygen atoms in total. The number of ether oxygens (including phenoxy) is 1. The maximum atomic E-state index is 13.1. The molecule has 1 N–H and O–H groups in total. The molecule has 0 saturated carbocycles. The highest BCUT2D eigenvalue weighted by atomic mass is 16.6. The van der Waals surface area contributed by atoms with Crippen LogP contribution >= 0.6 is 0 Å². The molecule has 0 atom stereocenters. The van der Waals surface area contributed by atoms with E-state index < -0.39 is 5.60 Å². The summed E-state index contributed by atoms with van der Waals surface area (Å²) < 4.78 is 5.56. The molecule has 0 unspecified atom stereocenters. The van der Waals surface area contributed by atoms with Crippen LogP contribution in [0.25, 0.3) is 0 Å². The average molecular weight is 471 g/mol. The van der Waals surface area contributed by atoms with Gasteiger partial charge in [-0.2, -0.15) is 0 Å². The van der Waals surface area contributed by atoms with Gasteiger partial charge in [-0.3, -0.25) is 9.69 Å². The highest BCUT2D eigenvalue weighted by Crippen LogP contribution is 2.36. The van der Waals surface area contributed by atoms with Gasteiger partial charge < -0.3 is 19.9 Å². The van der Waals surface area contributed by atoms with Crippen molar-refractivity contribution < 1.29 is 14.3 Å². The van der Waals surface area contributed by atoms with E-state index in [0.717, 1.165) is 44.7 Å². The van der Waals surface area contributed by atoms with Crippen molar-refractivity contribution in [3.8, 4) is 0 Å². The number of nitrogens with one attached hydrogen (secondary N) is 1. The standard InChI is InChI=1S/C27H42N4O3/c1-25(2,3)34-24(33)30-16-12-27(13-17-30)20-28-18-23(32)31(27)22-8-6-21(7-9-22)19-29-14-10-26(4,5)11-15-29/h6-9,28H,10-20H2,1-5H3. The number of piperidine rings is 2. The van der Waals surface area contributed by atoms with Gasteiger partial charge in [0.15, 0.2) is 0 Å². The van der Waals surface area contributed by atoms with E-state index >= 15 is 0 Å². The molecular weight excluding hydrogens is 428 g/mol. The summed E-state index contributed by atoms with van der Waals surface area (Å²) in [5, 5.41) is 3.32. The van der Waals surface area contributed by atoms with Gasteiger partial charge in [0.05, 0.1) is 12.1 Å². The molecule has 0 bridgehead atoms. The Balaban J connectivity index is 1.43. The van der Waals surface area contributed by atoms with Crippen molar-refractivity contribution in [2.24, 2.45) is 5.41 Å². The lowest BCUT2D eigenvalue weighted by Crippen LogP contribution is -2.67. The van der Waals surface area contributed by atoms with E-state index in [-0.39, 0.29) is 17.5 Å². The molecule has 7 heteroatoms. The number of nitrogens with zero attached hydrogens (tertiary/aromatic N) is 3. The Morgan fingerprint density at radius 2 is 1.62 bits per heavy atom. The normalized spacial score (nSPS) is 23.3. The predicted molar refractivity (Wildman–Crippen MR) is 135 cm³/mol. The number of piperazine rings is 1. The minimum atomic E-state index is -0.507. The number of rotatable bonds is 3. The van der Waals surface area contributed by atoms with Crippen LogP contribution in [-0.2, 0) is 16.1 Å². The van der Waals surface area contributed by atoms with E-state index in [9.17, 15) is 9.59 Å². The minimum absolute atomic E-state index is 0.1000. The van der Waals surface area contributed by atoms with Crippen molar-refractivity contribution in [3.05, 3.63) is 29.8 Å². The molecule has 4 rings (SSSR count). The lowest BCUT2D eigenvalue weighted by atomic mass is 9.82. The van der Waals surface area contributed by atoms with Crippen LogP contribution in [0.1, 0.15) is 65.9 Å². The molecule has 3 aliphatic heterocycles. The van der Waals surface area contributed by atoms with Crippen LogP contribution in [0, 0.1) is 5.41 Å². The van der Waals surface area contributed by atoms with Crippen LogP contribution in [-0.4, -0.2) is 72.2 Å². The van der Waals surface area contributed by atoms with Crippen LogP contribution in [0.15, 0.2) is 24.3 Å². The Hall–Kier alpha value is -2.12. The van der Waals surface area contributed by atoms with Gasteiger partial charge in [0.1, 0.15) is 5.60 Å². The first-order valence-corrected chi connectivity index (χ1v) is 12.8. The summed E-state index contributed by atoms with van der Waals surface area (Å²) in [6.07, 6.45) is 3.67. The number of carbonyl (C=O) groups is 2. The highest BCUT2D eigenvalue weighted by molar-refractivity contribution is 5.97. The molecule has 1 spiro atoms. The van der Waals surface area contributed by atoms with Crippen LogP contribution in [0.4, 0.5) is 10.5 Å². The van der Waals surface area contributed by atoms with Gasteiger partial charge in [0.2, 0.25) is 5.91 Å². The number of hydrogen-bond donors (Lipinski definition) is 1. The van der Waals surface area contributed by atoms with Gasteiger partial charge in [-0.05, 0) is 82.7 Å². The highest BCUT2D eigenvalue weighted by Gasteiger charge is 2.46. The average Bonchev–Trinajstić information content (AvgIpc) is 2.76. The first kappa shape index (κ1) is 25.0. The Bertz CT molecular complexity index is 872. The molecule has 2 amide bonds. The zero-order valence-electron chi connectivity index (χ0n) is 21.7. The van der Waals surface area contributed by atoms with Gasteiger partial charge in [0, 0.05) is 31.9 Å². The Morgan fingerprint density at radius 1 is 1.00 bits per heavy atom. The molecule has 1 aromatic rings. The van der Waals surface area contributed by atoms with Gasteiger partial charge in [-0.25, -0.2) is 4.79 Å². The summed E-state index contributed by atoms with van der Waals surface area (Å²) in [6, 6.07) is 8.56. The topological polar surface area (TPSA) is 65.1 Å². The Labute approximate surface area is 204 Å². The molecule has 188 valence electrons. The van der Waals surface area contributed by atoms with Crippen molar-refractivity contribution in [1.82, 2.24) is 15.1 Å². The molecule has 3 aliphatic rings. The van der Waals surface area contributed by atoms with Crippen molar-refractivity contribution >= 4 is 17.7 Å². The van der Waals surface area contributed by atoms with Crippen LogP contribution < -0.4 is 10.2 Å². The van der Waals surface area contributed by atoms with Crippen LogP contribution in [0.5, 0.6) is 0 Å². The SMILES string of the molecule is CC1(C)CCN(Cc2ccc(N3C(=O)CNCC34CCN(C(=O)OC(C)(C)C)CC4)cc2)CC1. The number of anilines is 1.